The molecular weight excluding hydrogens is 264 g/mol. The summed E-state index contributed by atoms with van der Waals surface area (Å²) in [6.45, 7) is 0. The van der Waals surface area contributed by atoms with Gasteiger partial charge in [-0.05, 0) is 17.7 Å². The number of benzene rings is 1. The molecule has 0 bridgehead atoms. The van der Waals surface area contributed by atoms with E-state index in [9.17, 15) is 8.42 Å². The number of nitrogens with two attached hydrogens (primary N) is 1. The Morgan fingerprint density at radius 3 is 2.76 bits per heavy atom. The Bertz CT molecular complexity index is 638. The summed E-state index contributed by atoms with van der Waals surface area (Å²) in [5.41, 5.74) is 0.898. The molecule has 1 heterocycles. The predicted octanol–water partition coefficient (Wildman–Crippen LogP) is 0.696. The molecule has 8 heteroatoms. The summed E-state index contributed by atoms with van der Waals surface area (Å²) < 4.78 is 21.9. The smallest absolute Gasteiger partial charge is 0.262 e. The molecule has 2 rings (SSSR count). The number of nitrogens with one attached hydrogen (secondary N) is 1. The van der Waals surface area contributed by atoms with E-state index in [1.54, 1.807) is 18.2 Å². The maximum absolute atomic E-state index is 11.0. The Hall–Kier alpha value is -1.44. The van der Waals surface area contributed by atoms with Crippen molar-refractivity contribution in [3.63, 3.8) is 0 Å². The lowest BCUT2D eigenvalue weighted by molar-refractivity contribution is 0.589. The zero-order valence-electron chi connectivity index (χ0n) is 8.59. The van der Waals surface area contributed by atoms with Crippen LogP contribution in [0, 0.1) is 0 Å². The Morgan fingerprint density at radius 2 is 2.18 bits per heavy atom. The molecule has 0 saturated carbocycles. The summed E-state index contributed by atoms with van der Waals surface area (Å²) >= 11 is 5.83. The first-order chi connectivity index (χ1) is 7.95. The number of hydrogen-bond acceptors (Lipinski definition) is 4. The number of sulfonamides is 1. The molecule has 0 aliphatic rings. The van der Waals surface area contributed by atoms with E-state index in [2.05, 4.69) is 15.2 Å². The number of rotatable bonds is 3. The molecular formula is C9H9ClN4O2S. The van der Waals surface area contributed by atoms with Crippen molar-refractivity contribution < 1.29 is 8.42 Å². The van der Waals surface area contributed by atoms with Gasteiger partial charge in [0.25, 0.3) is 15.2 Å². The van der Waals surface area contributed by atoms with Gasteiger partial charge in [-0.1, -0.05) is 23.7 Å². The third kappa shape index (κ3) is 3.02. The van der Waals surface area contributed by atoms with Crippen LogP contribution in [0.2, 0.25) is 5.02 Å². The molecule has 0 unspecified atom stereocenters. The van der Waals surface area contributed by atoms with Crippen molar-refractivity contribution in [3.8, 4) is 0 Å². The molecule has 1 aromatic carbocycles. The van der Waals surface area contributed by atoms with E-state index in [0.717, 1.165) is 5.56 Å². The molecule has 0 aliphatic heterocycles. The van der Waals surface area contributed by atoms with Crippen LogP contribution in [0.5, 0.6) is 0 Å². The van der Waals surface area contributed by atoms with E-state index < -0.39 is 15.2 Å². The van der Waals surface area contributed by atoms with Gasteiger partial charge in [-0.15, -0.1) is 5.10 Å². The highest BCUT2D eigenvalue weighted by Crippen LogP contribution is 2.13. The largest absolute Gasteiger partial charge is 0.282 e. The van der Waals surface area contributed by atoms with Crippen molar-refractivity contribution in [3.05, 3.63) is 40.7 Å². The van der Waals surface area contributed by atoms with E-state index in [1.165, 1.54) is 0 Å². The minimum Gasteiger partial charge on any atom is -0.262 e. The number of aromatic amines is 1. The van der Waals surface area contributed by atoms with Crippen molar-refractivity contribution in [2.45, 2.75) is 11.6 Å². The van der Waals surface area contributed by atoms with Crippen molar-refractivity contribution in [2.24, 2.45) is 5.14 Å². The molecule has 3 N–H and O–H groups in total. The lowest BCUT2D eigenvalue weighted by Crippen LogP contribution is -2.13. The molecule has 0 fully saturated rings. The number of nitrogens with zero attached hydrogens (tertiary/aromatic N) is 2. The van der Waals surface area contributed by atoms with Gasteiger partial charge in [0.1, 0.15) is 5.82 Å². The number of primary sulfonamides is 1. The molecule has 0 spiro atoms. The van der Waals surface area contributed by atoms with Crippen molar-refractivity contribution in [1.82, 2.24) is 15.2 Å². The first kappa shape index (κ1) is 12.0. The van der Waals surface area contributed by atoms with Gasteiger partial charge in [0.2, 0.25) is 0 Å². The Balaban J connectivity index is 2.23. The molecule has 0 atom stereocenters. The summed E-state index contributed by atoms with van der Waals surface area (Å²) in [6, 6.07) is 7.17. The lowest BCUT2D eigenvalue weighted by Gasteiger charge is -1.97. The maximum atomic E-state index is 11.0. The van der Waals surface area contributed by atoms with Gasteiger partial charge in [-0.3, -0.25) is 5.10 Å². The van der Waals surface area contributed by atoms with Crippen molar-refractivity contribution in [2.75, 3.05) is 0 Å². The number of hydrogen-bond donors (Lipinski definition) is 2. The number of aromatic nitrogens is 3. The molecule has 0 aliphatic carbocycles. The molecule has 0 radical (unpaired) electrons. The maximum Gasteiger partial charge on any atom is 0.282 e. The minimum atomic E-state index is -3.86. The van der Waals surface area contributed by atoms with Gasteiger partial charge >= 0.3 is 0 Å². The third-order valence-electron chi connectivity index (χ3n) is 2.03. The first-order valence-electron chi connectivity index (χ1n) is 4.64. The van der Waals surface area contributed by atoms with E-state index in [1.807, 2.05) is 6.07 Å². The quantitative estimate of drug-likeness (QED) is 0.858. The monoisotopic (exact) mass is 272 g/mol. The second-order valence-corrected chi connectivity index (χ2v) is 5.31. The van der Waals surface area contributed by atoms with Crippen LogP contribution >= 0.6 is 11.6 Å². The second kappa shape index (κ2) is 4.44. The zero-order chi connectivity index (χ0) is 12.5. The van der Waals surface area contributed by atoms with Gasteiger partial charge in [0.15, 0.2) is 0 Å². The highest BCUT2D eigenvalue weighted by atomic mass is 35.5. The average Bonchev–Trinajstić information content (AvgIpc) is 2.65. The first-order valence-corrected chi connectivity index (χ1v) is 6.56. The molecule has 1 aromatic heterocycles. The standard InChI is InChI=1S/C9H9ClN4O2S/c10-7-3-1-2-6(4-7)5-8-12-9(14-13-8)17(11,15)16/h1-4H,5H2,(H2,11,15,16)(H,12,13,14). The van der Waals surface area contributed by atoms with Crippen molar-refractivity contribution >= 4 is 21.6 Å². The Kier molecular flexibility index (Phi) is 3.14. The zero-order valence-corrected chi connectivity index (χ0v) is 10.2. The van der Waals surface area contributed by atoms with Crippen LogP contribution in [0.1, 0.15) is 11.4 Å². The summed E-state index contributed by atoms with van der Waals surface area (Å²) in [4.78, 5) is 3.78. The van der Waals surface area contributed by atoms with Crippen LogP contribution in [0.25, 0.3) is 0 Å². The van der Waals surface area contributed by atoms with E-state index in [4.69, 9.17) is 16.7 Å². The lowest BCUT2D eigenvalue weighted by atomic mass is 10.1. The van der Waals surface area contributed by atoms with Gasteiger partial charge in [-0.25, -0.2) is 18.5 Å². The topological polar surface area (TPSA) is 102 Å². The van der Waals surface area contributed by atoms with Crippen LogP contribution < -0.4 is 5.14 Å². The van der Waals surface area contributed by atoms with Crippen LogP contribution in [-0.2, 0) is 16.4 Å². The van der Waals surface area contributed by atoms with Crippen LogP contribution in [0.4, 0.5) is 0 Å². The summed E-state index contributed by atoms with van der Waals surface area (Å²) in [6.07, 6.45) is 0.406. The SMILES string of the molecule is NS(=O)(=O)c1n[nH]c(Cc2cccc(Cl)c2)n1. The predicted molar refractivity (Wildman–Crippen MR) is 62.0 cm³/mol. The molecule has 90 valence electrons. The van der Waals surface area contributed by atoms with Crippen LogP contribution in [0.15, 0.2) is 29.4 Å². The molecule has 0 saturated heterocycles. The number of halogens is 1. The number of H-pyrrole nitrogens is 1. The van der Waals surface area contributed by atoms with Crippen LogP contribution in [0.3, 0.4) is 0 Å². The van der Waals surface area contributed by atoms with Gasteiger partial charge < -0.3 is 0 Å². The second-order valence-electron chi connectivity index (χ2n) is 3.42. The normalized spacial score (nSPS) is 11.6. The third-order valence-corrected chi connectivity index (χ3v) is 2.95. The van der Waals surface area contributed by atoms with E-state index in [0.29, 0.717) is 17.3 Å². The van der Waals surface area contributed by atoms with Crippen LogP contribution in [-0.4, -0.2) is 23.6 Å². The van der Waals surface area contributed by atoms with Gasteiger partial charge in [0, 0.05) is 11.4 Å². The Labute approximate surface area is 103 Å². The molecule has 17 heavy (non-hydrogen) atoms. The fourth-order valence-electron chi connectivity index (χ4n) is 1.32. The summed E-state index contributed by atoms with van der Waals surface area (Å²) in [7, 11) is -3.86. The fraction of sp³-hybridized carbons (Fsp3) is 0.111. The fourth-order valence-corrected chi connectivity index (χ4v) is 1.95. The summed E-state index contributed by atoms with van der Waals surface area (Å²) in [5.74, 6) is 0.413. The average molecular weight is 273 g/mol. The van der Waals surface area contributed by atoms with Gasteiger partial charge in [-0.2, -0.15) is 0 Å². The highest BCUT2D eigenvalue weighted by molar-refractivity contribution is 7.89. The van der Waals surface area contributed by atoms with Gasteiger partial charge in [0.05, 0.1) is 0 Å². The highest BCUT2D eigenvalue weighted by Gasteiger charge is 2.14. The summed E-state index contributed by atoms with van der Waals surface area (Å²) in [5, 5.41) is 11.1. The molecule has 0 amide bonds. The molecule has 2 aromatic rings. The van der Waals surface area contributed by atoms with Crippen molar-refractivity contribution in [1.29, 1.82) is 0 Å². The molecule has 6 nitrogen and oxygen atoms in total. The Morgan fingerprint density at radius 1 is 1.41 bits per heavy atom. The van der Waals surface area contributed by atoms with E-state index >= 15 is 0 Å². The van der Waals surface area contributed by atoms with E-state index in [-0.39, 0.29) is 0 Å². The minimum absolute atomic E-state index is 0.406.